The summed E-state index contributed by atoms with van der Waals surface area (Å²) < 4.78 is 21.0. The molecule has 0 fully saturated rings. The van der Waals surface area contributed by atoms with E-state index in [0.717, 1.165) is 5.56 Å². The molecule has 1 aromatic heterocycles. The van der Waals surface area contributed by atoms with Crippen molar-refractivity contribution >= 4 is 17.4 Å². The summed E-state index contributed by atoms with van der Waals surface area (Å²) in [4.78, 5) is 23.5. The second kappa shape index (κ2) is 9.95. The molecule has 0 unspecified atom stereocenters. The molecule has 0 aliphatic rings. The smallest absolute Gasteiger partial charge is 0.311 e. The Morgan fingerprint density at radius 2 is 1.94 bits per heavy atom. The van der Waals surface area contributed by atoms with Crippen molar-refractivity contribution in [3.8, 4) is 5.75 Å². The summed E-state index contributed by atoms with van der Waals surface area (Å²) in [5.41, 5.74) is 2.19. The third kappa shape index (κ3) is 5.44. The molecular weight excluding hydrogens is 439 g/mol. The van der Waals surface area contributed by atoms with Crippen LogP contribution in [0.25, 0.3) is 0 Å². The van der Waals surface area contributed by atoms with Gasteiger partial charge in [-0.3, -0.25) is 19.6 Å². The lowest BCUT2D eigenvalue weighted by Gasteiger charge is -2.09. The maximum absolute atomic E-state index is 13.8. The van der Waals surface area contributed by atoms with E-state index in [0.29, 0.717) is 22.5 Å². The molecule has 0 spiro atoms. The molecule has 0 saturated carbocycles. The van der Waals surface area contributed by atoms with Crippen molar-refractivity contribution in [2.75, 3.05) is 5.32 Å². The van der Waals surface area contributed by atoms with Crippen molar-refractivity contribution in [1.29, 1.82) is 0 Å². The first-order chi connectivity index (χ1) is 16.4. The molecule has 8 nitrogen and oxygen atoms in total. The minimum absolute atomic E-state index is 0.0578. The van der Waals surface area contributed by atoms with Crippen LogP contribution in [0.2, 0.25) is 0 Å². The zero-order valence-corrected chi connectivity index (χ0v) is 18.3. The maximum Gasteiger partial charge on any atom is 0.311 e. The highest BCUT2D eigenvalue weighted by Gasteiger charge is 2.16. The highest BCUT2D eigenvalue weighted by atomic mass is 19.1. The number of benzene rings is 3. The Labute approximate surface area is 194 Å². The maximum atomic E-state index is 13.8. The molecule has 1 N–H and O–H groups in total. The van der Waals surface area contributed by atoms with Gasteiger partial charge >= 0.3 is 5.69 Å². The van der Waals surface area contributed by atoms with Gasteiger partial charge in [-0.2, -0.15) is 5.10 Å². The van der Waals surface area contributed by atoms with Gasteiger partial charge in [0.05, 0.1) is 11.5 Å². The first-order valence-electron chi connectivity index (χ1n) is 10.4. The number of nitrogens with zero attached hydrogens (tertiary/aromatic N) is 3. The molecule has 3 aromatic carbocycles. The minimum Gasteiger partial charge on any atom is -0.482 e. The fourth-order valence-corrected chi connectivity index (χ4v) is 3.36. The van der Waals surface area contributed by atoms with Crippen molar-refractivity contribution in [2.45, 2.75) is 20.1 Å². The Hall–Kier alpha value is -4.53. The van der Waals surface area contributed by atoms with Crippen molar-refractivity contribution in [3.63, 3.8) is 0 Å². The van der Waals surface area contributed by atoms with E-state index in [1.807, 2.05) is 0 Å². The lowest BCUT2D eigenvalue weighted by atomic mass is 10.1. The van der Waals surface area contributed by atoms with Gasteiger partial charge < -0.3 is 10.1 Å². The molecule has 0 saturated heterocycles. The average Bonchev–Trinajstić information content (AvgIpc) is 3.26. The van der Waals surface area contributed by atoms with Crippen molar-refractivity contribution < 1.29 is 18.8 Å². The Kier molecular flexibility index (Phi) is 6.63. The van der Waals surface area contributed by atoms with Crippen LogP contribution in [-0.2, 0) is 13.2 Å². The number of amides is 1. The molecule has 0 radical (unpaired) electrons. The normalized spacial score (nSPS) is 10.6. The largest absolute Gasteiger partial charge is 0.482 e. The highest BCUT2D eigenvalue weighted by Crippen LogP contribution is 2.28. The molecule has 34 heavy (non-hydrogen) atoms. The number of aryl methyl sites for hydroxylation is 1. The van der Waals surface area contributed by atoms with E-state index in [1.165, 1.54) is 16.8 Å². The first-order valence-corrected chi connectivity index (χ1v) is 10.4. The van der Waals surface area contributed by atoms with Crippen LogP contribution in [0, 0.1) is 22.9 Å². The molecule has 4 rings (SSSR count). The van der Waals surface area contributed by atoms with E-state index in [2.05, 4.69) is 10.4 Å². The summed E-state index contributed by atoms with van der Waals surface area (Å²) in [5, 5.41) is 18.3. The van der Waals surface area contributed by atoms with Gasteiger partial charge in [0.1, 0.15) is 12.4 Å². The second-order valence-corrected chi connectivity index (χ2v) is 7.66. The molecule has 9 heteroatoms. The number of nitro groups is 1. The number of anilines is 1. The van der Waals surface area contributed by atoms with E-state index in [4.69, 9.17) is 4.74 Å². The van der Waals surface area contributed by atoms with Crippen molar-refractivity contribution in [3.05, 3.63) is 117 Å². The van der Waals surface area contributed by atoms with Crippen LogP contribution in [0.4, 0.5) is 15.9 Å². The average molecular weight is 460 g/mol. The van der Waals surface area contributed by atoms with E-state index < -0.39 is 4.92 Å². The van der Waals surface area contributed by atoms with Gasteiger partial charge in [-0.25, -0.2) is 4.39 Å². The highest BCUT2D eigenvalue weighted by molar-refractivity contribution is 6.03. The van der Waals surface area contributed by atoms with Crippen molar-refractivity contribution in [2.24, 2.45) is 0 Å². The third-order valence-corrected chi connectivity index (χ3v) is 5.07. The van der Waals surface area contributed by atoms with E-state index in [-0.39, 0.29) is 36.3 Å². The molecule has 1 heterocycles. The number of hydrogen-bond acceptors (Lipinski definition) is 5. The van der Waals surface area contributed by atoms with Crippen LogP contribution in [0.1, 0.15) is 27.0 Å². The van der Waals surface area contributed by atoms with Crippen molar-refractivity contribution in [1.82, 2.24) is 9.78 Å². The summed E-state index contributed by atoms with van der Waals surface area (Å²) in [6.07, 6.45) is 1.65. The second-order valence-electron chi connectivity index (χ2n) is 7.66. The Morgan fingerprint density at radius 3 is 2.74 bits per heavy atom. The molecule has 172 valence electrons. The topological polar surface area (TPSA) is 99.3 Å². The van der Waals surface area contributed by atoms with E-state index in [1.54, 1.807) is 73.8 Å². The molecule has 0 aliphatic carbocycles. The van der Waals surface area contributed by atoms with Gasteiger partial charge in [0, 0.05) is 29.5 Å². The van der Waals surface area contributed by atoms with Gasteiger partial charge in [-0.15, -0.1) is 0 Å². The molecule has 0 atom stereocenters. The Bertz CT molecular complexity index is 1350. The summed E-state index contributed by atoms with van der Waals surface area (Å²) in [5.74, 6) is -0.206. The lowest BCUT2D eigenvalue weighted by molar-refractivity contribution is -0.386. The van der Waals surface area contributed by atoms with Crippen LogP contribution in [0.15, 0.2) is 79.0 Å². The third-order valence-electron chi connectivity index (χ3n) is 5.07. The Balaban J connectivity index is 1.40. The predicted octanol–water partition coefficient (Wildman–Crippen LogP) is 5.12. The zero-order valence-electron chi connectivity index (χ0n) is 18.3. The lowest BCUT2D eigenvalue weighted by Crippen LogP contribution is -2.13. The predicted molar refractivity (Wildman–Crippen MR) is 124 cm³/mol. The zero-order chi connectivity index (χ0) is 24.1. The SMILES string of the molecule is Cc1ccc(OCc2cccc(C(=O)Nc3ccn(Cc4ccccc4F)n3)c2)c([N+](=O)[O-])c1. The van der Waals surface area contributed by atoms with Crippen LogP contribution >= 0.6 is 0 Å². The standard InChI is InChI=1S/C25H21FN4O4/c1-17-9-10-23(22(13-17)30(32)33)34-16-18-5-4-7-19(14-18)25(31)27-24-11-12-29(28-24)15-20-6-2-3-8-21(20)26/h2-14H,15-16H2,1H3,(H,27,28,31). The Morgan fingerprint density at radius 1 is 1.12 bits per heavy atom. The fraction of sp³-hybridized carbons (Fsp3) is 0.120. The summed E-state index contributed by atoms with van der Waals surface area (Å²) in [7, 11) is 0. The van der Waals surface area contributed by atoms with E-state index >= 15 is 0 Å². The van der Waals surface area contributed by atoms with Gasteiger partial charge in [0.25, 0.3) is 5.91 Å². The number of halogens is 1. The number of nitro benzene ring substituents is 1. The number of hydrogen-bond donors (Lipinski definition) is 1. The first kappa shape index (κ1) is 22.7. The van der Waals surface area contributed by atoms with Gasteiger partial charge in [-0.05, 0) is 42.3 Å². The van der Waals surface area contributed by atoms with Crippen LogP contribution in [-0.4, -0.2) is 20.6 Å². The number of carbonyl (C=O) groups excluding carboxylic acids is 1. The molecule has 4 aromatic rings. The summed E-state index contributed by atoms with van der Waals surface area (Å²) in [6.45, 7) is 2.06. The molecular formula is C25H21FN4O4. The number of ether oxygens (including phenoxy) is 1. The molecule has 0 aliphatic heterocycles. The van der Waals surface area contributed by atoms with E-state index in [9.17, 15) is 19.3 Å². The number of nitrogens with one attached hydrogen (secondary N) is 1. The molecule has 0 bridgehead atoms. The monoisotopic (exact) mass is 460 g/mol. The quantitative estimate of drug-likeness (QED) is 0.291. The minimum atomic E-state index is -0.489. The van der Waals surface area contributed by atoms with Gasteiger partial charge in [-0.1, -0.05) is 36.4 Å². The number of carbonyl (C=O) groups is 1. The number of aromatic nitrogens is 2. The van der Waals surface area contributed by atoms with Gasteiger partial charge in [0.2, 0.25) is 0 Å². The van der Waals surface area contributed by atoms with Crippen LogP contribution in [0.5, 0.6) is 5.75 Å². The van der Waals surface area contributed by atoms with Crippen LogP contribution < -0.4 is 10.1 Å². The fourth-order valence-electron chi connectivity index (χ4n) is 3.36. The number of rotatable bonds is 8. The summed E-state index contributed by atoms with van der Waals surface area (Å²) >= 11 is 0. The van der Waals surface area contributed by atoms with Gasteiger partial charge in [0.15, 0.2) is 11.6 Å². The van der Waals surface area contributed by atoms with Crippen LogP contribution in [0.3, 0.4) is 0 Å². The molecule has 1 amide bonds. The summed E-state index contributed by atoms with van der Waals surface area (Å²) in [6, 6.07) is 19.5.